The number of pyridine rings is 1. The Morgan fingerprint density at radius 1 is 1.16 bits per heavy atom. The Kier molecular flexibility index (Phi) is 3.32. The first kappa shape index (κ1) is 12.3. The lowest BCUT2D eigenvalue weighted by molar-refractivity contribution is 0.0996. The molecule has 3 aromatic rings. The van der Waals surface area contributed by atoms with Gasteiger partial charge in [0.15, 0.2) is 5.78 Å². The van der Waals surface area contributed by atoms with Crippen molar-refractivity contribution in [3.05, 3.63) is 63.4 Å². The number of nitrogens with zero attached hydrogens (tertiary/aromatic N) is 1. The number of Topliss-reactive ketones (excluding diaryl/α,β-unsaturated/α-hetero) is 1. The number of carbonyl (C=O) groups is 1. The lowest BCUT2D eigenvalue weighted by atomic mass is 10.1. The molecule has 0 aliphatic rings. The van der Waals surface area contributed by atoms with Gasteiger partial charge in [0.1, 0.15) is 0 Å². The molecule has 0 saturated carbocycles. The molecular weight excluding hydrogens is 278 g/mol. The minimum atomic E-state index is 0.0165. The number of hydrogen-bond donors (Lipinski definition) is 0. The van der Waals surface area contributed by atoms with E-state index < -0.39 is 0 Å². The quantitative estimate of drug-likeness (QED) is 0.669. The number of fused-ring (bicyclic) bond motifs is 1. The molecule has 0 spiro atoms. The fraction of sp³-hybridized carbons (Fsp3) is 0.0667. The average Bonchev–Trinajstić information content (AvgIpc) is 2.85. The molecule has 3 rings (SSSR count). The van der Waals surface area contributed by atoms with Crippen LogP contribution >= 0.6 is 22.9 Å². The van der Waals surface area contributed by atoms with Crippen LogP contribution in [0.25, 0.3) is 10.9 Å². The van der Waals surface area contributed by atoms with Gasteiger partial charge in [-0.25, -0.2) is 0 Å². The molecule has 0 N–H and O–H groups in total. The second kappa shape index (κ2) is 5.11. The van der Waals surface area contributed by atoms with Crippen molar-refractivity contribution in [1.29, 1.82) is 0 Å². The molecule has 0 radical (unpaired) electrons. The van der Waals surface area contributed by atoms with Crippen molar-refractivity contribution in [3.63, 3.8) is 0 Å². The maximum Gasteiger partial charge on any atom is 0.180 e. The van der Waals surface area contributed by atoms with E-state index in [9.17, 15) is 4.79 Å². The highest BCUT2D eigenvalue weighted by Crippen LogP contribution is 2.23. The Hall–Kier alpha value is -1.71. The first-order valence-electron chi connectivity index (χ1n) is 5.85. The van der Waals surface area contributed by atoms with Gasteiger partial charge in [-0.05, 0) is 23.6 Å². The van der Waals surface area contributed by atoms with E-state index in [2.05, 4.69) is 4.98 Å². The zero-order chi connectivity index (χ0) is 13.2. The van der Waals surface area contributed by atoms with Crippen molar-refractivity contribution in [2.24, 2.45) is 0 Å². The molecule has 19 heavy (non-hydrogen) atoms. The molecule has 1 aromatic carbocycles. The summed E-state index contributed by atoms with van der Waals surface area (Å²) in [5.74, 6) is 0.0165. The predicted molar refractivity (Wildman–Crippen MR) is 79.1 cm³/mol. The molecule has 0 fully saturated rings. The van der Waals surface area contributed by atoms with Crippen molar-refractivity contribution in [3.8, 4) is 0 Å². The number of aromatic nitrogens is 1. The van der Waals surface area contributed by atoms with E-state index in [0.717, 1.165) is 16.6 Å². The molecule has 0 bridgehead atoms. The van der Waals surface area contributed by atoms with Crippen LogP contribution in [0.15, 0.2) is 47.8 Å². The fourth-order valence-electron chi connectivity index (χ4n) is 1.94. The summed E-state index contributed by atoms with van der Waals surface area (Å²) in [7, 11) is 0. The third-order valence-electron chi connectivity index (χ3n) is 2.87. The third kappa shape index (κ3) is 2.53. The summed E-state index contributed by atoms with van der Waals surface area (Å²) < 4.78 is 0. The number of thiophene rings is 1. The molecule has 2 nitrogen and oxygen atoms in total. The van der Waals surface area contributed by atoms with Crippen LogP contribution in [0.2, 0.25) is 5.02 Å². The first-order valence-corrected chi connectivity index (χ1v) is 7.10. The van der Waals surface area contributed by atoms with Gasteiger partial charge in [0.05, 0.1) is 21.8 Å². The van der Waals surface area contributed by atoms with Crippen LogP contribution < -0.4 is 0 Å². The molecule has 0 atom stereocenters. The molecule has 94 valence electrons. The van der Waals surface area contributed by atoms with Gasteiger partial charge in [-0.2, -0.15) is 0 Å². The van der Waals surface area contributed by atoms with Crippen LogP contribution in [-0.2, 0) is 6.42 Å². The van der Waals surface area contributed by atoms with Crippen LogP contribution in [0, 0.1) is 0 Å². The minimum absolute atomic E-state index is 0.0165. The van der Waals surface area contributed by atoms with E-state index in [4.69, 9.17) is 11.6 Å². The molecule has 0 amide bonds. The summed E-state index contributed by atoms with van der Waals surface area (Å²) in [6.07, 6.45) is 0.283. The molecule has 4 heteroatoms. The maximum atomic E-state index is 12.1. The fourth-order valence-corrected chi connectivity index (χ4v) is 3.05. The number of para-hydroxylation sites is 1. The molecule has 2 heterocycles. The van der Waals surface area contributed by atoms with Crippen LogP contribution in [0.5, 0.6) is 0 Å². The van der Waals surface area contributed by atoms with E-state index in [1.807, 2.05) is 41.8 Å². The van der Waals surface area contributed by atoms with Gasteiger partial charge in [-0.3, -0.25) is 9.78 Å². The summed E-state index contributed by atoms with van der Waals surface area (Å²) in [6.45, 7) is 0. The SMILES string of the molecule is O=C(Cc1ccc2ccccc2n1)c1sccc1Cl. The van der Waals surface area contributed by atoms with Crippen LogP contribution in [0.1, 0.15) is 15.4 Å². The Morgan fingerprint density at radius 3 is 2.79 bits per heavy atom. The Morgan fingerprint density at radius 2 is 2.00 bits per heavy atom. The molecule has 0 aliphatic heterocycles. The smallest absolute Gasteiger partial charge is 0.180 e. The summed E-state index contributed by atoms with van der Waals surface area (Å²) >= 11 is 7.34. The second-order valence-electron chi connectivity index (χ2n) is 4.19. The van der Waals surface area contributed by atoms with Gasteiger partial charge in [0.25, 0.3) is 0 Å². The third-order valence-corrected chi connectivity index (χ3v) is 4.25. The van der Waals surface area contributed by atoms with E-state index in [1.165, 1.54) is 11.3 Å². The predicted octanol–water partition coefficient (Wildman–Crippen LogP) is 4.38. The number of hydrogen-bond acceptors (Lipinski definition) is 3. The van der Waals surface area contributed by atoms with Crippen molar-refractivity contribution in [2.75, 3.05) is 0 Å². The van der Waals surface area contributed by atoms with E-state index >= 15 is 0 Å². The standard InChI is InChI=1S/C15H10ClNOS/c16-12-7-8-19-15(12)14(18)9-11-6-5-10-3-1-2-4-13(10)17-11/h1-8H,9H2. The molecular formula is C15H10ClNOS. The molecule has 0 saturated heterocycles. The zero-order valence-corrected chi connectivity index (χ0v) is 11.5. The molecule has 2 aromatic heterocycles. The zero-order valence-electron chi connectivity index (χ0n) is 9.97. The van der Waals surface area contributed by atoms with Crippen molar-refractivity contribution >= 4 is 39.6 Å². The highest BCUT2D eigenvalue weighted by molar-refractivity contribution is 7.12. The highest BCUT2D eigenvalue weighted by atomic mass is 35.5. The van der Waals surface area contributed by atoms with Gasteiger partial charge in [0, 0.05) is 11.1 Å². The number of ketones is 1. The van der Waals surface area contributed by atoms with E-state index in [-0.39, 0.29) is 12.2 Å². The van der Waals surface area contributed by atoms with Gasteiger partial charge in [-0.1, -0.05) is 35.9 Å². The van der Waals surface area contributed by atoms with Gasteiger partial charge >= 0.3 is 0 Å². The normalized spacial score (nSPS) is 10.8. The van der Waals surface area contributed by atoms with Gasteiger partial charge in [0.2, 0.25) is 0 Å². The Labute approximate surface area is 119 Å². The number of benzene rings is 1. The van der Waals surface area contributed by atoms with E-state index in [1.54, 1.807) is 6.07 Å². The Bertz CT molecular complexity index is 750. The number of rotatable bonds is 3. The topological polar surface area (TPSA) is 30.0 Å². The largest absolute Gasteiger partial charge is 0.293 e. The van der Waals surface area contributed by atoms with Gasteiger partial charge in [-0.15, -0.1) is 11.3 Å². The number of halogens is 1. The van der Waals surface area contributed by atoms with E-state index in [0.29, 0.717) is 9.90 Å². The summed E-state index contributed by atoms with van der Waals surface area (Å²) in [5, 5.41) is 3.42. The highest BCUT2D eigenvalue weighted by Gasteiger charge is 2.13. The second-order valence-corrected chi connectivity index (χ2v) is 5.52. The van der Waals surface area contributed by atoms with Crippen molar-refractivity contribution in [1.82, 2.24) is 4.98 Å². The van der Waals surface area contributed by atoms with Gasteiger partial charge < -0.3 is 0 Å². The van der Waals surface area contributed by atoms with Crippen LogP contribution in [0.3, 0.4) is 0 Å². The summed E-state index contributed by atoms with van der Waals surface area (Å²) in [5.41, 5.74) is 1.68. The summed E-state index contributed by atoms with van der Waals surface area (Å²) in [4.78, 5) is 17.2. The average molecular weight is 288 g/mol. The van der Waals surface area contributed by atoms with Crippen LogP contribution in [-0.4, -0.2) is 10.8 Å². The maximum absolute atomic E-state index is 12.1. The lowest BCUT2D eigenvalue weighted by Gasteiger charge is -2.02. The van der Waals surface area contributed by atoms with Crippen molar-refractivity contribution in [2.45, 2.75) is 6.42 Å². The summed E-state index contributed by atoms with van der Waals surface area (Å²) in [6, 6.07) is 13.5. The van der Waals surface area contributed by atoms with Crippen LogP contribution in [0.4, 0.5) is 0 Å². The molecule has 0 aliphatic carbocycles. The lowest BCUT2D eigenvalue weighted by Crippen LogP contribution is -2.03. The molecule has 0 unspecified atom stereocenters. The monoisotopic (exact) mass is 287 g/mol. The minimum Gasteiger partial charge on any atom is -0.293 e. The Balaban J connectivity index is 1.89. The number of carbonyl (C=O) groups excluding carboxylic acids is 1. The van der Waals surface area contributed by atoms with Crippen molar-refractivity contribution < 1.29 is 4.79 Å². The first-order chi connectivity index (χ1) is 9.24.